The Hall–Kier alpha value is -3.32. The standard InChI is InChI=1S/C19H15ClN2O5/c1-10-3-5-12(6-4-10)22-18(25)13(17(24)21-19(22)26)7-11-8-14(20)16(23)15(9-11)27-2/h3-9,23H,1-2H3,(H,21,24,26)/b13-7+. The molecule has 0 unspecified atom stereocenters. The molecule has 0 saturated carbocycles. The average Bonchev–Trinajstić information content (AvgIpc) is 2.62. The minimum Gasteiger partial charge on any atom is -0.503 e. The van der Waals surface area contributed by atoms with Crippen molar-refractivity contribution in [1.29, 1.82) is 0 Å². The van der Waals surface area contributed by atoms with Crippen LogP contribution < -0.4 is 15.0 Å². The van der Waals surface area contributed by atoms with Gasteiger partial charge in [0.25, 0.3) is 11.8 Å². The lowest BCUT2D eigenvalue weighted by Crippen LogP contribution is -2.54. The Morgan fingerprint density at radius 1 is 1.15 bits per heavy atom. The molecule has 0 bridgehead atoms. The number of methoxy groups -OCH3 is 1. The summed E-state index contributed by atoms with van der Waals surface area (Å²) in [5, 5.41) is 11.9. The number of carbonyl (C=O) groups is 3. The Morgan fingerprint density at radius 3 is 2.44 bits per heavy atom. The van der Waals surface area contributed by atoms with E-state index in [-0.39, 0.29) is 22.1 Å². The number of phenolic OH excluding ortho intramolecular Hbond substituents is 1. The molecule has 7 nitrogen and oxygen atoms in total. The lowest BCUT2D eigenvalue weighted by molar-refractivity contribution is -0.122. The van der Waals surface area contributed by atoms with E-state index in [0.29, 0.717) is 11.3 Å². The van der Waals surface area contributed by atoms with Crippen LogP contribution in [-0.2, 0) is 9.59 Å². The van der Waals surface area contributed by atoms with Gasteiger partial charge in [-0.2, -0.15) is 0 Å². The fourth-order valence-electron chi connectivity index (χ4n) is 2.59. The first-order valence-corrected chi connectivity index (χ1v) is 8.24. The molecule has 0 aromatic heterocycles. The largest absolute Gasteiger partial charge is 0.503 e. The van der Waals surface area contributed by atoms with Gasteiger partial charge in [0.2, 0.25) is 0 Å². The van der Waals surface area contributed by atoms with Gasteiger partial charge < -0.3 is 9.84 Å². The van der Waals surface area contributed by atoms with Gasteiger partial charge in [0, 0.05) is 0 Å². The molecule has 1 aliphatic heterocycles. The number of hydrogen-bond acceptors (Lipinski definition) is 5. The lowest BCUT2D eigenvalue weighted by Gasteiger charge is -2.26. The van der Waals surface area contributed by atoms with Crippen molar-refractivity contribution in [3.8, 4) is 11.5 Å². The quantitative estimate of drug-likeness (QED) is 0.624. The molecular formula is C19H15ClN2O5. The topological polar surface area (TPSA) is 95.9 Å². The number of amides is 4. The third-order valence-corrected chi connectivity index (χ3v) is 4.26. The Bertz CT molecular complexity index is 982. The SMILES string of the molecule is COc1cc(/C=C2\C(=O)NC(=O)N(c3ccc(C)cc3)C2=O)cc(Cl)c1O. The van der Waals surface area contributed by atoms with E-state index < -0.39 is 17.8 Å². The van der Waals surface area contributed by atoms with Crippen molar-refractivity contribution >= 4 is 41.2 Å². The molecule has 1 aliphatic rings. The summed E-state index contributed by atoms with van der Waals surface area (Å²) in [5.74, 6) is -1.76. The molecular weight excluding hydrogens is 372 g/mol. The fraction of sp³-hybridized carbons (Fsp3) is 0.105. The van der Waals surface area contributed by atoms with Gasteiger partial charge in [0.15, 0.2) is 11.5 Å². The number of imide groups is 2. The number of phenols is 1. The number of rotatable bonds is 3. The van der Waals surface area contributed by atoms with Crippen molar-refractivity contribution in [2.45, 2.75) is 6.92 Å². The summed E-state index contributed by atoms with van der Waals surface area (Å²) in [4.78, 5) is 38.1. The zero-order chi connectivity index (χ0) is 19.7. The van der Waals surface area contributed by atoms with E-state index in [2.05, 4.69) is 5.32 Å². The number of halogens is 1. The van der Waals surface area contributed by atoms with Gasteiger partial charge in [-0.05, 0) is 42.8 Å². The van der Waals surface area contributed by atoms with E-state index in [1.807, 2.05) is 6.92 Å². The van der Waals surface area contributed by atoms with Crippen LogP contribution in [0.15, 0.2) is 42.0 Å². The number of urea groups is 1. The number of nitrogens with zero attached hydrogens (tertiary/aromatic N) is 1. The van der Waals surface area contributed by atoms with Gasteiger partial charge in [-0.1, -0.05) is 29.3 Å². The van der Waals surface area contributed by atoms with Crippen LogP contribution in [0.1, 0.15) is 11.1 Å². The number of anilines is 1. The summed E-state index contributed by atoms with van der Waals surface area (Å²) >= 11 is 5.94. The van der Waals surface area contributed by atoms with Crippen LogP contribution in [0.25, 0.3) is 6.08 Å². The van der Waals surface area contributed by atoms with Crippen molar-refractivity contribution in [3.05, 3.63) is 58.1 Å². The molecule has 1 fully saturated rings. The first-order chi connectivity index (χ1) is 12.8. The molecule has 138 valence electrons. The molecule has 2 N–H and O–H groups in total. The first-order valence-electron chi connectivity index (χ1n) is 7.86. The second kappa shape index (κ2) is 7.13. The van der Waals surface area contributed by atoms with Crippen molar-refractivity contribution in [2.24, 2.45) is 0 Å². The number of benzene rings is 2. The Kier molecular flexibility index (Phi) is 4.87. The highest BCUT2D eigenvalue weighted by molar-refractivity contribution is 6.39. The highest BCUT2D eigenvalue weighted by Gasteiger charge is 2.36. The maximum absolute atomic E-state index is 12.8. The van der Waals surface area contributed by atoms with E-state index in [1.165, 1.54) is 25.3 Å². The zero-order valence-corrected chi connectivity index (χ0v) is 15.2. The average molecular weight is 387 g/mol. The van der Waals surface area contributed by atoms with Crippen LogP contribution in [0.3, 0.4) is 0 Å². The molecule has 1 heterocycles. The van der Waals surface area contributed by atoms with Crippen molar-refractivity contribution in [1.82, 2.24) is 5.32 Å². The van der Waals surface area contributed by atoms with Crippen LogP contribution in [0, 0.1) is 6.92 Å². The maximum atomic E-state index is 12.8. The normalized spacial score (nSPS) is 15.9. The van der Waals surface area contributed by atoms with E-state index in [4.69, 9.17) is 16.3 Å². The fourth-order valence-corrected chi connectivity index (χ4v) is 2.80. The zero-order valence-electron chi connectivity index (χ0n) is 14.4. The molecule has 3 rings (SSSR count). The van der Waals surface area contributed by atoms with Gasteiger partial charge in [0.05, 0.1) is 17.8 Å². The van der Waals surface area contributed by atoms with E-state index in [1.54, 1.807) is 24.3 Å². The summed E-state index contributed by atoms with van der Waals surface area (Å²) in [5.41, 5.74) is 1.40. The second-order valence-electron chi connectivity index (χ2n) is 5.85. The highest BCUT2D eigenvalue weighted by atomic mass is 35.5. The van der Waals surface area contributed by atoms with Crippen molar-refractivity contribution < 1.29 is 24.2 Å². The number of aryl methyl sites for hydroxylation is 1. The number of aromatic hydroxyl groups is 1. The van der Waals surface area contributed by atoms with Crippen LogP contribution in [-0.4, -0.2) is 30.1 Å². The number of hydrogen-bond donors (Lipinski definition) is 2. The molecule has 2 aromatic rings. The summed E-state index contributed by atoms with van der Waals surface area (Å²) in [6.45, 7) is 1.87. The molecule has 8 heteroatoms. The molecule has 0 aliphatic carbocycles. The Labute approximate surface area is 159 Å². The van der Waals surface area contributed by atoms with E-state index >= 15 is 0 Å². The highest BCUT2D eigenvalue weighted by Crippen LogP contribution is 2.35. The number of carbonyl (C=O) groups excluding carboxylic acids is 3. The predicted molar refractivity (Wildman–Crippen MR) is 99.8 cm³/mol. The molecule has 4 amide bonds. The summed E-state index contributed by atoms with van der Waals surface area (Å²) in [6.07, 6.45) is 1.28. The number of nitrogens with one attached hydrogen (secondary N) is 1. The lowest BCUT2D eigenvalue weighted by atomic mass is 10.1. The Morgan fingerprint density at radius 2 is 1.81 bits per heavy atom. The predicted octanol–water partition coefficient (Wildman–Crippen LogP) is 3.03. The monoisotopic (exact) mass is 386 g/mol. The minimum absolute atomic E-state index is 0.00339. The second-order valence-corrected chi connectivity index (χ2v) is 6.25. The van der Waals surface area contributed by atoms with Crippen LogP contribution in [0.2, 0.25) is 5.02 Å². The third-order valence-electron chi connectivity index (χ3n) is 3.98. The van der Waals surface area contributed by atoms with Gasteiger partial charge in [-0.3, -0.25) is 14.9 Å². The van der Waals surface area contributed by atoms with Gasteiger partial charge in [0.1, 0.15) is 5.57 Å². The molecule has 27 heavy (non-hydrogen) atoms. The Balaban J connectivity index is 2.04. The number of barbiturate groups is 1. The third kappa shape index (κ3) is 3.50. The summed E-state index contributed by atoms with van der Waals surface area (Å²) in [7, 11) is 1.35. The summed E-state index contributed by atoms with van der Waals surface area (Å²) in [6, 6.07) is 8.69. The molecule has 2 aromatic carbocycles. The van der Waals surface area contributed by atoms with Gasteiger partial charge in [-0.25, -0.2) is 9.69 Å². The van der Waals surface area contributed by atoms with E-state index in [0.717, 1.165) is 10.5 Å². The van der Waals surface area contributed by atoms with Gasteiger partial charge in [-0.15, -0.1) is 0 Å². The first kappa shape index (κ1) is 18.5. The van der Waals surface area contributed by atoms with Crippen LogP contribution >= 0.6 is 11.6 Å². The molecule has 0 radical (unpaired) electrons. The number of ether oxygens (including phenoxy) is 1. The van der Waals surface area contributed by atoms with E-state index in [9.17, 15) is 19.5 Å². The van der Waals surface area contributed by atoms with Crippen molar-refractivity contribution in [3.63, 3.8) is 0 Å². The molecule has 0 spiro atoms. The molecule has 1 saturated heterocycles. The summed E-state index contributed by atoms with van der Waals surface area (Å²) < 4.78 is 5.01. The van der Waals surface area contributed by atoms with Crippen LogP contribution in [0.4, 0.5) is 10.5 Å². The van der Waals surface area contributed by atoms with Gasteiger partial charge >= 0.3 is 6.03 Å². The van der Waals surface area contributed by atoms with Crippen LogP contribution in [0.5, 0.6) is 11.5 Å². The smallest absolute Gasteiger partial charge is 0.335 e. The van der Waals surface area contributed by atoms with Crippen molar-refractivity contribution in [2.75, 3.05) is 12.0 Å². The minimum atomic E-state index is -0.827. The maximum Gasteiger partial charge on any atom is 0.335 e. The molecule has 0 atom stereocenters.